The summed E-state index contributed by atoms with van der Waals surface area (Å²) in [6, 6.07) is 0.728. The van der Waals surface area contributed by atoms with E-state index < -0.39 is 34.6 Å². The van der Waals surface area contributed by atoms with E-state index in [1.165, 1.54) is 6.92 Å². The van der Waals surface area contributed by atoms with Crippen LogP contribution >= 0.6 is 0 Å². The van der Waals surface area contributed by atoms with Gasteiger partial charge in [0, 0.05) is 5.92 Å². The van der Waals surface area contributed by atoms with Gasteiger partial charge in [-0.15, -0.1) is 0 Å². The van der Waals surface area contributed by atoms with Crippen LogP contribution in [0, 0.1) is 30.3 Å². The number of benzene rings is 1. The van der Waals surface area contributed by atoms with Gasteiger partial charge in [-0.3, -0.25) is 9.59 Å². The van der Waals surface area contributed by atoms with Crippen molar-refractivity contribution in [2.75, 3.05) is 6.61 Å². The van der Waals surface area contributed by atoms with Crippen molar-refractivity contribution in [2.24, 2.45) is 5.92 Å². The quantitative estimate of drug-likeness (QED) is 0.202. The lowest BCUT2D eigenvalue weighted by atomic mass is 9.95. The van der Waals surface area contributed by atoms with Gasteiger partial charge in [-0.05, 0) is 38.3 Å². The maximum Gasteiger partial charge on any atom is 0.203 e. The van der Waals surface area contributed by atoms with Crippen LogP contribution in [0.15, 0.2) is 17.9 Å². The van der Waals surface area contributed by atoms with Crippen LogP contribution in [0.1, 0.15) is 35.7 Å². The van der Waals surface area contributed by atoms with Crippen molar-refractivity contribution in [3.8, 4) is 0 Å². The van der Waals surface area contributed by atoms with Crippen molar-refractivity contribution in [1.82, 2.24) is 0 Å². The molecule has 0 radical (unpaired) electrons. The van der Waals surface area contributed by atoms with Gasteiger partial charge in [-0.2, -0.15) is 0 Å². The molecule has 0 bridgehead atoms. The maximum atomic E-state index is 13.9. The van der Waals surface area contributed by atoms with Gasteiger partial charge in [0.25, 0.3) is 0 Å². The van der Waals surface area contributed by atoms with Gasteiger partial charge in [0.15, 0.2) is 23.2 Å². The summed E-state index contributed by atoms with van der Waals surface area (Å²) in [7, 11) is 0. The van der Waals surface area contributed by atoms with E-state index in [0.29, 0.717) is 12.8 Å². The third-order valence-corrected chi connectivity index (χ3v) is 3.41. The number of Topliss-reactive ketones (excluding diaryl/α,β-unsaturated/α-hetero) is 2. The van der Waals surface area contributed by atoms with Crippen LogP contribution in [0.2, 0.25) is 0 Å². The molecule has 118 valence electrons. The van der Waals surface area contributed by atoms with Gasteiger partial charge in [0.2, 0.25) is 5.78 Å². The first-order chi connectivity index (χ1) is 10.4. The topological polar surface area (TPSA) is 43.4 Å². The van der Waals surface area contributed by atoms with E-state index >= 15 is 0 Å². The Kier molecular flexibility index (Phi) is 4.68. The zero-order chi connectivity index (χ0) is 16.4. The number of halogens is 3. The summed E-state index contributed by atoms with van der Waals surface area (Å²) < 4.78 is 45.4. The van der Waals surface area contributed by atoms with Crippen molar-refractivity contribution in [3.63, 3.8) is 0 Å². The Morgan fingerprint density at radius 2 is 1.91 bits per heavy atom. The number of carbonyl (C=O) groups excluding carboxylic acids is 2. The molecule has 0 N–H and O–H groups in total. The number of carbonyl (C=O) groups is 2. The lowest BCUT2D eigenvalue weighted by Crippen LogP contribution is -2.19. The van der Waals surface area contributed by atoms with E-state index in [9.17, 15) is 22.8 Å². The van der Waals surface area contributed by atoms with E-state index in [1.54, 1.807) is 6.92 Å². The van der Waals surface area contributed by atoms with E-state index in [-0.39, 0.29) is 23.7 Å². The summed E-state index contributed by atoms with van der Waals surface area (Å²) in [6.45, 7) is 3.15. The molecule has 1 aliphatic rings. The normalized spacial score (nSPS) is 14.9. The molecule has 0 amide bonds. The number of ketones is 2. The van der Waals surface area contributed by atoms with Crippen molar-refractivity contribution < 1.29 is 27.5 Å². The predicted octanol–water partition coefficient (Wildman–Crippen LogP) is 3.49. The van der Waals surface area contributed by atoms with E-state index in [1.807, 2.05) is 0 Å². The van der Waals surface area contributed by atoms with Crippen LogP contribution < -0.4 is 0 Å². The lowest BCUT2D eigenvalue weighted by Gasteiger charge is -2.10. The molecule has 1 aromatic rings. The van der Waals surface area contributed by atoms with Crippen LogP contribution in [-0.2, 0) is 9.53 Å². The Morgan fingerprint density at radius 3 is 2.45 bits per heavy atom. The molecular weight excluding hydrogens is 297 g/mol. The van der Waals surface area contributed by atoms with Gasteiger partial charge in [-0.1, -0.05) is 0 Å². The van der Waals surface area contributed by atoms with E-state index in [0.717, 1.165) is 12.3 Å². The summed E-state index contributed by atoms with van der Waals surface area (Å²) in [5.74, 6) is -6.43. The fraction of sp³-hybridized carbons (Fsp3) is 0.375. The molecule has 1 aromatic carbocycles. The van der Waals surface area contributed by atoms with Crippen molar-refractivity contribution in [2.45, 2.75) is 26.7 Å². The summed E-state index contributed by atoms with van der Waals surface area (Å²) in [5.41, 5.74) is -1.05. The van der Waals surface area contributed by atoms with Gasteiger partial charge in [0.05, 0.1) is 18.4 Å². The van der Waals surface area contributed by atoms with Gasteiger partial charge >= 0.3 is 0 Å². The highest BCUT2D eigenvalue weighted by Crippen LogP contribution is 2.34. The fourth-order valence-corrected chi connectivity index (χ4v) is 2.08. The minimum atomic E-state index is -1.73. The van der Waals surface area contributed by atoms with E-state index in [4.69, 9.17) is 4.74 Å². The zero-order valence-electron chi connectivity index (χ0n) is 12.2. The first-order valence-corrected chi connectivity index (χ1v) is 6.93. The van der Waals surface area contributed by atoms with Crippen molar-refractivity contribution in [1.29, 1.82) is 0 Å². The van der Waals surface area contributed by atoms with Crippen LogP contribution in [0.4, 0.5) is 13.2 Å². The average molecular weight is 312 g/mol. The van der Waals surface area contributed by atoms with Crippen LogP contribution in [0.3, 0.4) is 0 Å². The molecule has 0 saturated heterocycles. The molecular formula is C16H15F3O3. The van der Waals surface area contributed by atoms with Crippen LogP contribution in [0.5, 0.6) is 0 Å². The Bertz CT molecular complexity index is 661. The van der Waals surface area contributed by atoms with E-state index in [2.05, 4.69) is 0 Å². The minimum Gasteiger partial charge on any atom is -0.501 e. The summed E-state index contributed by atoms with van der Waals surface area (Å²) >= 11 is 0. The molecule has 0 aromatic heterocycles. The summed E-state index contributed by atoms with van der Waals surface area (Å²) in [5, 5.41) is 0. The average Bonchev–Trinajstić information content (AvgIpc) is 3.29. The molecule has 0 aliphatic heterocycles. The SMILES string of the molecule is CCO/C=C(/C(=O)c1c(C)cc(F)c(F)c1F)C(=O)C1CC1. The first-order valence-electron chi connectivity index (χ1n) is 6.93. The molecule has 1 aliphatic carbocycles. The number of allylic oxidation sites excluding steroid dienone is 1. The Labute approximate surface area is 125 Å². The molecule has 0 unspecified atom stereocenters. The smallest absolute Gasteiger partial charge is 0.203 e. The molecule has 6 heteroatoms. The monoisotopic (exact) mass is 312 g/mol. The molecule has 1 saturated carbocycles. The van der Waals surface area contributed by atoms with Crippen LogP contribution in [0.25, 0.3) is 0 Å². The minimum absolute atomic E-state index is 0.0765. The fourth-order valence-electron chi connectivity index (χ4n) is 2.08. The lowest BCUT2D eigenvalue weighted by molar-refractivity contribution is -0.116. The zero-order valence-corrected chi connectivity index (χ0v) is 12.2. The number of ether oxygens (including phenoxy) is 1. The molecule has 0 spiro atoms. The number of hydrogen-bond acceptors (Lipinski definition) is 3. The second-order valence-corrected chi connectivity index (χ2v) is 5.13. The molecule has 22 heavy (non-hydrogen) atoms. The maximum absolute atomic E-state index is 13.9. The van der Waals surface area contributed by atoms with Gasteiger partial charge in [0.1, 0.15) is 5.57 Å². The summed E-state index contributed by atoms with van der Waals surface area (Å²) in [6.07, 6.45) is 2.27. The Hall–Kier alpha value is -2.11. The molecule has 0 heterocycles. The van der Waals surface area contributed by atoms with Crippen molar-refractivity contribution >= 4 is 11.6 Å². The Balaban J connectivity index is 2.47. The predicted molar refractivity (Wildman–Crippen MR) is 72.8 cm³/mol. The highest BCUT2D eigenvalue weighted by Gasteiger charge is 2.36. The van der Waals surface area contributed by atoms with Crippen molar-refractivity contribution in [3.05, 3.63) is 46.5 Å². The first kappa shape index (κ1) is 16.3. The van der Waals surface area contributed by atoms with Gasteiger partial charge in [-0.25, -0.2) is 13.2 Å². The van der Waals surface area contributed by atoms with Gasteiger partial charge < -0.3 is 4.74 Å². The second kappa shape index (κ2) is 6.34. The van der Waals surface area contributed by atoms with Crippen LogP contribution in [-0.4, -0.2) is 18.2 Å². The molecule has 1 fully saturated rings. The third-order valence-electron chi connectivity index (χ3n) is 3.41. The largest absolute Gasteiger partial charge is 0.501 e. The number of hydrogen-bond donors (Lipinski definition) is 0. The molecule has 3 nitrogen and oxygen atoms in total. The highest BCUT2D eigenvalue weighted by atomic mass is 19.2. The summed E-state index contributed by atoms with van der Waals surface area (Å²) in [4.78, 5) is 24.6. The molecule has 2 rings (SSSR count). The third kappa shape index (κ3) is 3.05. The second-order valence-electron chi connectivity index (χ2n) is 5.13. The highest BCUT2D eigenvalue weighted by molar-refractivity contribution is 6.27. The number of aryl methyl sites for hydroxylation is 1. The number of rotatable bonds is 6. The molecule has 0 atom stereocenters. The standard InChI is InChI=1S/C16H15F3O3/c1-3-22-7-10(15(20)9-4-5-9)16(21)12-8(2)6-11(17)13(18)14(12)19/h6-7,9H,3-5H2,1-2H3/b10-7+. The Morgan fingerprint density at radius 1 is 1.27 bits per heavy atom.